The lowest BCUT2D eigenvalue weighted by atomic mass is 9.86. The van der Waals surface area contributed by atoms with E-state index in [1.807, 2.05) is 6.92 Å². The molecule has 6 rings (SSSR count). The van der Waals surface area contributed by atoms with Crippen molar-refractivity contribution >= 4 is 67.9 Å². The highest BCUT2D eigenvalue weighted by molar-refractivity contribution is 6.36. The Balaban J connectivity index is 1.65. The van der Waals surface area contributed by atoms with Gasteiger partial charge in [-0.15, -0.1) is 0 Å². The zero-order valence-electron chi connectivity index (χ0n) is 26.4. The molecule has 0 saturated heterocycles. The predicted octanol–water partition coefficient (Wildman–Crippen LogP) is 6.40. The average molecular weight is 688 g/mol. The number of nitrogens with zero attached hydrogens (tertiary/aromatic N) is 2. The molecule has 2 heterocycles. The molecular formula is C36H36Cl2N6O4. The number of aromatic nitrogens is 2. The number of aromatic amines is 2. The molecule has 0 aliphatic heterocycles. The Morgan fingerprint density at radius 2 is 1.38 bits per heavy atom. The predicted molar refractivity (Wildman–Crippen MR) is 191 cm³/mol. The summed E-state index contributed by atoms with van der Waals surface area (Å²) < 4.78 is 0. The van der Waals surface area contributed by atoms with Crippen LogP contribution in [-0.2, 0) is 15.3 Å². The number of halogens is 2. The van der Waals surface area contributed by atoms with Crippen LogP contribution < -0.4 is 32.6 Å². The zero-order chi connectivity index (χ0) is 34.2. The van der Waals surface area contributed by atoms with Crippen LogP contribution in [0.3, 0.4) is 0 Å². The van der Waals surface area contributed by atoms with Gasteiger partial charge in [0.25, 0.3) is 17.0 Å². The molecule has 6 N–H and O–H groups in total. The van der Waals surface area contributed by atoms with Crippen LogP contribution in [-0.4, -0.2) is 21.8 Å². The fourth-order valence-electron chi connectivity index (χ4n) is 6.61. The van der Waals surface area contributed by atoms with Gasteiger partial charge in [-0.2, -0.15) is 0 Å². The molecule has 48 heavy (non-hydrogen) atoms. The Morgan fingerprint density at radius 1 is 0.833 bits per heavy atom. The number of hydrazine groups is 1. The highest BCUT2D eigenvalue weighted by atomic mass is 35.5. The van der Waals surface area contributed by atoms with Crippen molar-refractivity contribution in [3.63, 3.8) is 0 Å². The summed E-state index contributed by atoms with van der Waals surface area (Å²) in [6.07, 6.45) is 9.10. The number of rotatable bonds is 9. The van der Waals surface area contributed by atoms with Crippen molar-refractivity contribution in [3.05, 3.63) is 115 Å². The van der Waals surface area contributed by atoms with Crippen molar-refractivity contribution in [3.8, 4) is 0 Å². The highest BCUT2D eigenvalue weighted by Crippen LogP contribution is 2.42. The standard InChI is InChI=1S/C36H36Cl2N6O4/c1-21-7-10-25(11-8-21)36(40,35(39)48)44(31-18-24-14-16-42-34(47)27(24)20-29(31)38)43(32(45)12-9-22-5-3-2-4-6-22)30-17-23-13-15-41-33(46)26(23)19-28(30)37/h7-8,10-11,13-20,22H,2-6,9,12,40H2,1H3,(H2,39,48)(H,41,46)(H,42,47)/t36-/m1/s1. The molecule has 1 fully saturated rings. The second-order valence-corrected chi connectivity index (χ2v) is 13.3. The monoisotopic (exact) mass is 686 g/mol. The molecule has 1 aliphatic carbocycles. The molecule has 0 unspecified atom stereocenters. The normalized spacial score (nSPS) is 14.9. The first kappa shape index (κ1) is 33.3. The van der Waals surface area contributed by atoms with Gasteiger partial charge < -0.3 is 15.7 Å². The van der Waals surface area contributed by atoms with Crippen molar-refractivity contribution in [1.82, 2.24) is 9.97 Å². The maximum Gasteiger partial charge on any atom is 0.264 e. The topological polar surface area (TPSA) is 158 Å². The number of aryl methyl sites for hydroxylation is 1. The number of pyridine rings is 2. The number of anilines is 2. The molecule has 12 heteroatoms. The molecule has 10 nitrogen and oxygen atoms in total. The summed E-state index contributed by atoms with van der Waals surface area (Å²) in [5, 5.41) is 4.20. The van der Waals surface area contributed by atoms with Crippen molar-refractivity contribution in [2.45, 2.75) is 57.5 Å². The van der Waals surface area contributed by atoms with Gasteiger partial charge in [0.15, 0.2) is 0 Å². The van der Waals surface area contributed by atoms with Crippen LogP contribution >= 0.6 is 23.2 Å². The third-order valence-electron chi connectivity index (χ3n) is 9.27. The van der Waals surface area contributed by atoms with Gasteiger partial charge in [0.1, 0.15) is 0 Å². The van der Waals surface area contributed by atoms with Crippen LogP contribution in [0.15, 0.2) is 82.6 Å². The van der Waals surface area contributed by atoms with E-state index in [9.17, 15) is 19.2 Å². The lowest BCUT2D eigenvalue weighted by Gasteiger charge is -2.47. The number of amides is 2. The lowest BCUT2D eigenvalue weighted by Crippen LogP contribution is -2.68. The van der Waals surface area contributed by atoms with Gasteiger partial charge in [-0.3, -0.25) is 24.9 Å². The first-order chi connectivity index (χ1) is 23.0. The lowest BCUT2D eigenvalue weighted by molar-refractivity contribution is -0.124. The molecule has 0 bridgehead atoms. The Labute approximate surface area is 286 Å². The number of hydrogen-bond acceptors (Lipinski definition) is 6. The van der Waals surface area contributed by atoms with Gasteiger partial charge in [0.05, 0.1) is 21.4 Å². The molecule has 1 aliphatic rings. The minimum absolute atomic E-state index is 0.0285. The van der Waals surface area contributed by atoms with E-state index in [-0.39, 0.29) is 44.5 Å². The van der Waals surface area contributed by atoms with Crippen molar-refractivity contribution in [1.29, 1.82) is 0 Å². The Kier molecular flexibility index (Phi) is 9.33. The molecule has 1 saturated carbocycles. The van der Waals surface area contributed by atoms with Gasteiger partial charge in [0, 0.05) is 35.2 Å². The highest BCUT2D eigenvalue weighted by Gasteiger charge is 2.47. The minimum Gasteiger partial charge on any atom is -0.366 e. The molecule has 2 amide bonds. The molecule has 5 aromatic rings. The number of carbonyl (C=O) groups excluding carboxylic acids is 2. The number of carbonyl (C=O) groups is 2. The van der Waals surface area contributed by atoms with Crippen molar-refractivity contribution < 1.29 is 9.59 Å². The second kappa shape index (κ2) is 13.5. The molecule has 2 aromatic heterocycles. The Bertz CT molecular complexity index is 2140. The van der Waals surface area contributed by atoms with E-state index in [0.717, 1.165) is 31.2 Å². The number of nitrogens with two attached hydrogens (primary N) is 2. The molecule has 248 valence electrons. The zero-order valence-corrected chi connectivity index (χ0v) is 27.9. The number of benzene rings is 3. The summed E-state index contributed by atoms with van der Waals surface area (Å²) in [7, 11) is 0. The number of H-pyrrole nitrogens is 2. The van der Waals surface area contributed by atoms with Crippen LogP contribution in [0.2, 0.25) is 10.0 Å². The summed E-state index contributed by atoms with van der Waals surface area (Å²) >= 11 is 13.9. The molecule has 0 radical (unpaired) electrons. The Morgan fingerprint density at radius 3 is 1.94 bits per heavy atom. The van der Waals surface area contributed by atoms with Gasteiger partial charge >= 0.3 is 0 Å². The number of hydrogen-bond donors (Lipinski definition) is 4. The number of fused-ring (bicyclic) bond motifs is 2. The van der Waals surface area contributed by atoms with Crippen molar-refractivity contribution in [2.75, 3.05) is 10.0 Å². The Hall–Kier alpha value is -4.64. The smallest absolute Gasteiger partial charge is 0.264 e. The average Bonchev–Trinajstić information content (AvgIpc) is 3.07. The summed E-state index contributed by atoms with van der Waals surface area (Å²) in [5.74, 6) is -1.04. The quantitative estimate of drug-likeness (QED) is 0.104. The number of primary amides is 1. The van der Waals surface area contributed by atoms with Crippen molar-refractivity contribution in [2.24, 2.45) is 17.4 Å². The van der Waals surface area contributed by atoms with E-state index in [2.05, 4.69) is 9.97 Å². The van der Waals surface area contributed by atoms with Gasteiger partial charge in [-0.05, 0) is 66.4 Å². The van der Waals surface area contributed by atoms with Gasteiger partial charge in [0.2, 0.25) is 11.6 Å². The van der Waals surface area contributed by atoms with Crippen LogP contribution in [0.25, 0.3) is 21.5 Å². The third-order valence-corrected chi connectivity index (χ3v) is 9.87. The van der Waals surface area contributed by atoms with E-state index in [4.69, 9.17) is 34.7 Å². The van der Waals surface area contributed by atoms with Gasteiger partial charge in [-0.1, -0.05) is 85.1 Å². The molecule has 0 spiro atoms. The summed E-state index contributed by atoms with van der Waals surface area (Å²) in [5.41, 5.74) is 11.9. The van der Waals surface area contributed by atoms with E-state index in [1.54, 1.807) is 48.5 Å². The fourth-order valence-corrected chi connectivity index (χ4v) is 7.10. The van der Waals surface area contributed by atoms with Crippen LogP contribution in [0.5, 0.6) is 0 Å². The first-order valence-electron chi connectivity index (χ1n) is 15.9. The maximum absolute atomic E-state index is 14.8. The van der Waals surface area contributed by atoms with E-state index in [1.165, 1.54) is 41.0 Å². The first-order valence-corrected chi connectivity index (χ1v) is 16.7. The SMILES string of the molecule is Cc1ccc([C@](N)(C(N)=O)N(c2cc3cc[nH]c(=O)c3cc2Cl)N(C(=O)CCC2CCCCC2)c2cc3cc[nH]c(=O)c3cc2Cl)cc1. The van der Waals surface area contributed by atoms with E-state index >= 15 is 0 Å². The molecule has 1 atom stereocenters. The largest absolute Gasteiger partial charge is 0.366 e. The van der Waals surface area contributed by atoms with E-state index in [0.29, 0.717) is 33.9 Å². The summed E-state index contributed by atoms with van der Waals surface area (Å²) in [4.78, 5) is 59.3. The van der Waals surface area contributed by atoms with E-state index < -0.39 is 17.5 Å². The second-order valence-electron chi connectivity index (χ2n) is 12.5. The third kappa shape index (κ3) is 6.19. The van der Waals surface area contributed by atoms with Crippen LogP contribution in [0.4, 0.5) is 11.4 Å². The maximum atomic E-state index is 14.8. The fraction of sp³-hybridized carbons (Fsp3) is 0.278. The molecule has 3 aromatic carbocycles. The van der Waals surface area contributed by atoms with Crippen LogP contribution in [0.1, 0.15) is 56.1 Å². The minimum atomic E-state index is -2.21. The summed E-state index contributed by atoms with van der Waals surface area (Å²) in [6.45, 7) is 1.89. The number of nitrogens with one attached hydrogen (secondary N) is 2. The van der Waals surface area contributed by atoms with Crippen LogP contribution in [0, 0.1) is 12.8 Å². The van der Waals surface area contributed by atoms with Gasteiger partial charge in [-0.25, -0.2) is 10.0 Å². The summed E-state index contributed by atoms with van der Waals surface area (Å²) in [6, 6.07) is 16.4. The molecular weight excluding hydrogens is 651 g/mol.